The summed E-state index contributed by atoms with van der Waals surface area (Å²) in [7, 11) is 0. The Morgan fingerprint density at radius 3 is 2.60 bits per heavy atom. The summed E-state index contributed by atoms with van der Waals surface area (Å²) >= 11 is 5.96. The lowest BCUT2D eigenvalue weighted by molar-refractivity contribution is -0.148. The first-order valence-corrected chi connectivity index (χ1v) is 9.42. The SMILES string of the molecule is O=C(C[C@@H](Cn1cnnn1)c1ccc(Cl)cc1)N1CCn2c(nnc2C(F)(F)F)C1. The molecule has 1 aromatic carbocycles. The maximum atomic E-state index is 13.0. The molecule has 1 aliphatic heterocycles. The third-order valence-electron chi connectivity index (χ3n) is 4.92. The van der Waals surface area contributed by atoms with Crippen molar-refractivity contribution in [3.63, 3.8) is 0 Å². The summed E-state index contributed by atoms with van der Waals surface area (Å²) in [6.45, 7) is 0.468. The van der Waals surface area contributed by atoms with Crippen LogP contribution >= 0.6 is 11.6 Å². The molecule has 0 saturated heterocycles. The second-order valence-electron chi connectivity index (χ2n) is 6.89. The minimum atomic E-state index is -4.58. The van der Waals surface area contributed by atoms with E-state index >= 15 is 0 Å². The molecule has 4 rings (SSSR count). The van der Waals surface area contributed by atoms with Crippen molar-refractivity contribution in [1.29, 1.82) is 0 Å². The molecule has 3 heterocycles. The zero-order valence-electron chi connectivity index (χ0n) is 15.5. The monoisotopic (exact) mass is 440 g/mol. The average molecular weight is 441 g/mol. The van der Waals surface area contributed by atoms with Crippen molar-refractivity contribution in [2.75, 3.05) is 6.54 Å². The second kappa shape index (κ2) is 8.01. The Hall–Kier alpha value is -3.02. The summed E-state index contributed by atoms with van der Waals surface area (Å²) in [6, 6.07) is 7.12. The van der Waals surface area contributed by atoms with E-state index in [1.54, 1.807) is 12.1 Å². The predicted octanol–water partition coefficient (Wildman–Crippen LogP) is 2.15. The molecule has 1 aliphatic rings. The number of alkyl halides is 3. The van der Waals surface area contributed by atoms with E-state index in [-0.39, 0.29) is 43.7 Å². The summed E-state index contributed by atoms with van der Waals surface area (Å²) in [6.07, 6.45) is -3.00. The number of aromatic nitrogens is 7. The Morgan fingerprint density at radius 1 is 1.17 bits per heavy atom. The van der Waals surface area contributed by atoms with Crippen LogP contribution in [-0.2, 0) is 30.6 Å². The van der Waals surface area contributed by atoms with Crippen LogP contribution in [0.15, 0.2) is 30.6 Å². The molecule has 0 fully saturated rings. The number of carbonyl (C=O) groups is 1. The molecular formula is C17H16ClF3N8O. The van der Waals surface area contributed by atoms with Crippen molar-refractivity contribution in [2.45, 2.75) is 38.1 Å². The number of tetrazole rings is 1. The van der Waals surface area contributed by atoms with Gasteiger partial charge in [-0.15, -0.1) is 15.3 Å². The highest BCUT2D eigenvalue weighted by atomic mass is 35.5. The number of hydrogen-bond donors (Lipinski definition) is 0. The van der Waals surface area contributed by atoms with Crippen molar-refractivity contribution in [1.82, 2.24) is 39.9 Å². The van der Waals surface area contributed by atoms with Crippen LogP contribution in [0.1, 0.15) is 29.6 Å². The normalized spacial score (nSPS) is 15.1. The van der Waals surface area contributed by atoms with Gasteiger partial charge in [-0.05, 0) is 28.1 Å². The largest absolute Gasteiger partial charge is 0.451 e. The number of carbonyl (C=O) groups excluding carboxylic acids is 1. The minimum Gasteiger partial charge on any atom is -0.333 e. The third kappa shape index (κ3) is 4.27. The van der Waals surface area contributed by atoms with E-state index in [1.807, 2.05) is 12.1 Å². The van der Waals surface area contributed by atoms with Gasteiger partial charge in [0.05, 0.1) is 13.1 Å². The van der Waals surface area contributed by atoms with Gasteiger partial charge in [0.2, 0.25) is 11.7 Å². The lowest BCUT2D eigenvalue weighted by atomic mass is 9.95. The standard InChI is InChI=1S/C17H16ClF3N8O/c18-13-3-1-11(2-4-13)12(8-28-10-22-25-26-28)7-15(30)27-5-6-29-14(9-27)23-24-16(29)17(19,20)21/h1-4,10,12H,5-9H2/t12-/m0/s1. The number of nitrogens with zero attached hydrogens (tertiary/aromatic N) is 8. The first-order valence-electron chi connectivity index (χ1n) is 9.04. The van der Waals surface area contributed by atoms with Crippen LogP contribution in [0.25, 0.3) is 0 Å². The first-order chi connectivity index (χ1) is 14.3. The summed E-state index contributed by atoms with van der Waals surface area (Å²) in [5.41, 5.74) is 0.878. The van der Waals surface area contributed by atoms with Gasteiger partial charge in [0.1, 0.15) is 6.33 Å². The highest BCUT2D eigenvalue weighted by molar-refractivity contribution is 6.30. The van der Waals surface area contributed by atoms with Crippen molar-refractivity contribution in [3.8, 4) is 0 Å². The van der Waals surface area contributed by atoms with E-state index in [4.69, 9.17) is 11.6 Å². The number of amides is 1. The van der Waals surface area contributed by atoms with Crippen LogP contribution < -0.4 is 0 Å². The van der Waals surface area contributed by atoms with Gasteiger partial charge in [-0.25, -0.2) is 4.68 Å². The van der Waals surface area contributed by atoms with Gasteiger partial charge < -0.3 is 9.47 Å². The molecule has 13 heteroatoms. The quantitative estimate of drug-likeness (QED) is 0.603. The molecule has 0 unspecified atom stereocenters. The van der Waals surface area contributed by atoms with E-state index in [0.29, 0.717) is 11.6 Å². The van der Waals surface area contributed by atoms with Crippen LogP contribution in [-0.4, -0.2) is 52.3 Å². The lowest BCUT2D eigenvalue weighted by Crippen LogP contribution is -2.40. The summed E-state index contributed by atoms with van der Waals surface area (Å²) in [4.78, 5) is 14.4. The van der Waals surface area contributed by atoms with Crippen molar-refractivity contribution >= 4 is 17.5 Å². The van der Waals surface area contributed by atoms with Crippen LogP contribution in [0.5, 0.6) is 0 Å². The fourth-order valence-corrected chi connectivity index (χ4v) is 3.56. The molecule has 1 amide bonds. The number of fused-ring (bicyclic) bond motifs is 1. The van der Waals surface area contributed by atoms with Gasteiger partial charge >= 0.3 is 6.18 Å². The molecule has 9 nitrogen and oxygen atoms in total. The Labute approximate surface area is 173 Å². The van der Waals surface area contributed by atoms with E-state index in [0.717, 1.165) is 10.1 Å². The third-order valence-corrected chi connectivity index (χ3v) is 5.17. The molecule has 0 aliphatic carbocycles. The number of rotatable bonds is 5. The van der Waals surface area contributed by atoms with Gasteiger partial charge in [0, 0.05) is 30.5 Å². The number of benzene rings is 1. The fourth-order valence-electron chi connectivity index (χ4n) is 3.43. The minimum absolute atomic E-state index is 0.0124. The first kappa shape index (κ1) is 20.3. The molecule has 0 radical (unpaired) electrons. The molecule has 30 heavy (non-hydrogen) atoms. The molecule has 3 aromatic rings. The number of hydrogen-bond acceptors (Lipinski definition) is 6. The van der Waals surface area contributed by atoms with E-state index in [2.05, 4.69) is 25.7 Å². The second-order valence-corrected chi connectivity index (χ2v) is 7.33. The smallest absolute Gasteiger partial charge is 0.333 e. The van der Waals surface area contributed by atoms with E-state index < -0.39 is 12.0 Å². The van der Waals surface area contributed by atoms with Gasteiger partial charge in [0.15, 0.2) is 5.82 Å². The predicted molar refractivity (Wildman–Crippen MR) is 97.1 cm³/mol. The Balaban J connectivity index is 1.50. The number of halogens is 4. The van der Waals surface area contributed by atoms with Crippen molar-refractivity contribution in [2.24, 2.45) is 0 Å². The van der Waals surface area contributed by atoms with Gasteiger partial charge in [-0.2, -0.15) is 13.2 Å². The van der Waals surface area contributed by atoms with Gasteiger partial charge in [0.25, 0.3) is 0 Å². The molecule has 0 N–H and O–H groups in total. The Bertz CT molecular complexity index is 1020. The molecule has 2 aromatic heterocycles. The molecule has 0 saturated carbocycles. The summed E-state index contributed by atoms with van der Waals surface area (Å²) < 4.78 is 41.5. The van der Waals surface area contributed by atoms with Gasteiger partial charge in [-0.1, -0.05) is 23.7 Å². The van der Waals surface area contributed by atoms with Gasteiger partial charge in [-0.3, -0.25) is 4.79 Å². The summed E-state index contributed by atoms with van der Waals surface area (Å²) in [5.74, 6) is -1.37. The van der Waals surface area contributed by atoms with Crippen LogP contribution in [0.3, 0.4) is 0 Å². The topological polar surface area (TPSA) is 94.6 Å². The van der Waals surface area contributed by atoms with E-state index in [9.17, 15) is 18.0 Å². The molecule has 0 bridgehead atoms. The molecule has 1 atom stereocenters. The fraction of sp³-hybridized carbons (Fsp3) is 0.412. The Morgan fingerprint density at radius 2 is 1.93 bits per heavy atom. The maximum Gasteiger partial charge on any atom is 0.451 e. The van der Waals surface area contributed by atoms with Crippen LogP contribution in [0.4, 0.5) is 13.2 Å². The average Bonchev–Trinajstić information content (AvgIpc) is 3.36. The molecular weight excluding hydrogens is 425 g/mol. The Kier molecular flexibility index (Phi) is 5.41. The zero-order valence-corrected chi connectivity index (χ0v) is 16.3. The molecule has 158 valence electrons. The highest BCUT2D eigenvalue weighted by Crippen LogP contribution is 2.30. The maximum absolute atomic E-state index is 13.0. The summed E-state index contributed by atoms with van der Waals surface area (Å²) in [5, 5.41) is 18.5. The van der Waals surface area contributed by atoms with E-state index in [1.165, 1.54) is 15.9 Å². The molecule has 0 spiro atoms. The van der Waals surface area contributed by atoms with Crippen LogP contribution in [0.2, 0.25) is 5.02 Å². The van der Waals surface area contributed by atoms with Crippen molar-refractivity contribution < 1.29 is 18.0 Å². The lowest BCUT2D eigenvalue weighted by Gasteiger charge is -2.29. The van der Waals surface area contributed by atoms with Crippen molar-refractivity contribution in [3.05, 3.63) is 52.8 Å². The highest BCUT2D eigenvalue weighted by Gasteiger charge is 2.40. The van der Waals surface area contributed by atoms with Crippen LogP contribution in [0, 0.1) is 0 Å². The zero-order chi connectivity index (χ0) is 21.3.